The fourth-order valence-electron chi connectivity index (χ4n) is 3.20. The van der Waals surface area contributed by atoms with Crippen molar-refractivity contribution in [1.82, 2.24) is 15.1 Å². The lowest BCUT2D eigenvalue weighted by atomic mass is 10.2. The van der Waals surface area contributed by atoms with Crippen molar-refractivity contribution in [2.45, 2.75) is 25.4 Å². The second-order valence-electron chi connectivity index (χ2n) is 6.08. The van der Waals surface area contributed by atoms with Crippen LogP contribution in [0.25, 0.3) is 0 Å². The standard InChI is InChI=1S/C17H20N4O3/c1-21-16(12-5-4-6-13(12)20-21)19-17(22)18-9-11-10-23-14-7-2-3-8-15(14)24-11/h2-3,7-8,11H,4-6,9-10H2,1H3,(H2,18,19,22)/t11-/m1/s1. The third-order valence-electron chi connectivity index (χ3n) is 4.36. The van der Waals surface area contributed by atoms with E-state index in [0.717, 1.165) is 42.1 Å². The zero-order chi connectivity index (χ0) is 16.5. The summed E-state index contributed by atoms with van der Waals surface area (Å²) in [5, 5.41) is 10.2. The van der Waals surface area contributed by atoms with E-state index in [0.29, 0.717) is 18.9 Å². The Bertz CT molecular complexity index is 771. The second kappa shape index (κ2) is 6.07. The van der Waals surface area contributed by atoms with E-state index in [9.17, 15) is 4.79 Å². The Morgan fingerprint density at radius 3 is 3.04 bits per heavy atom. The number of ether oxygens (including phenoxy) is 2. The maximum atomic E-state index is 12.2. The number of rotatable bonds is 3. The van der Waals surface area contributed by atoms with E-state index in [1.54, 1.807) is 4.68 Å². The molecule has 126 valence electrons. The van der Waals surface area contributed by atoms with Crippen molar-refractivity contribution in [3.8, 4) is 11.5 Å². The quantitative estimate of drug-likeness (QED) is 0.902. The van der Waals surface area contributed by atoms with E-state index >= 15 is 0 Å². The molecule has 1 aromatic heterocycles. The summed E-state index contributed by atoms with van der Waals surface area (Å²) in [6.45, 7) is 0.790. The van der Waals surface area contributed by atoms with Crippen LogP contribution in [0, 0.1) is 0 Å². The number of hydrogen-bond donors (Lipinski definition) is 2. The van der Waals surface area contributed by atoms with Crippen LogP contribution in [0.2, 0.25) is 0 Å². The summed E-state index contributed by atoms with van der Waals surface area (Å²) >= 11 is 0. The van der Waals surface area contributed by atoms with Crippen molar-refractivity contribution in [3.63, 3.8) is 0 Å². The van der Waals surface area contributed by atoms with Gasteiger partial charge in [-0.2, -0.15) is 5.10 Å². The molecule has 2 aliphatic rings. The molecule has 1 aliphatic heterocycles. The Kier molecular flexibility index (Phi) is 3.76. The van der Waals surface area contributed by atoms with Gasteiger partial charge in [-0.1, -0.05) is 12.1 Å². The van der Waals surface area contributed by atoms with Gasteiger partial charge in [-0.05, 0) is 31.4 Å². The maximum Gasteiger partial charge on any atom is 0.320 e. The van der Waals surface area contributed by atoms with Crippen molar-refractivity contribution < 1.29 is 14.3 Å². The monoisotopic (exact) mass is 328 g/mol. The topological polar surface area (TPSA) is 77.4 Å². The number of para-hydroxylation sites is 2. The largest absolute Gasteiger partial charge is 0.486 e. The van der Waals surface area contributed by atoms with Crippen molar-refractivity contribution >= 4 is 11.8 Å². The van der Waals surface area contributed by atoms with Crippen molar-refractivity contribution in [2.75, 3.05) is 18.5 Å². The molecule has 0 spiro atoms. The molecule has 1 atom stereocenters. The van der Waals surface area contributed by atoms with Gasteiger partial charge < -0.3 is 14.8 Å². The predicted octanol–water partition coefficient (Wildman–Crippen LogP) is 1.87. The number of nitrogens with zero attached hydrogens (tertiary/aromatic N) is 2. The fourth-order valence-corrected chi connectivity index (χ4v) is 3.20. The molecule has 0 fully saturated rings. The summed E-state index contributed by atoms with van der Waals surface area (Å²) in [4.78, 5) is 12.2. The first kappa shape index (κ1) is 14.9. The molecule has 0 saturated heterocycles. The molecule has 2 amide bonds. The third kappa shape index (κ3) is 2.77. The average molecular weight is 328 g/mol. The molecule has 2 heterocycles. The molecule has 0 saturated carbocycles. The predicted molar refractivity (Wildman–Crippen MR) is 88.6 cm³/mol. The first-order valence-electron chi connectivity index (χ1n) is 8.19. The van der Waals surface area contributed by atoms with Crippen LogP contribution in [0.3, 0.4) is 0 Å². The number of nitrogens with one attached hydrogen (secondary N) is 2. The van der Waals surface area contributed by atoms with Crippen molar-refractivity contribution in [3.05, 3.63) is 35.5 Å². The van der Waals surface area contributed by atoms with E-state index in [2.05, 4.69) is 15.7 Å². The Morgan fingerprint density at radius 2 is 2.17 bits per heavy atom. The Hall–Kier alpha value is -2.70. The SMILES string of the molecule is Cn1nc2c(c1NC(=O)NC[C@@H]1COc3ccccc3O1)CCC2. The van der Waals surface area contributed by atoms with Gasteiger partial charge in [0.2, 0.25) is 0 Å². The van der Waals surface area contributed by atoms with Gasteiger partial charge in [0.25, 0.3) is 0 Å². The summed E-state index contributed by atoms with van der Waals surface area (Å²) in [7, 11) is 1.85. The van der Waals surface area contributed by atoms with Crippen molar-refractivity contribution in [2.24, 2.45) is 7.05 Å². The first-order valence-corrected chi connectivity index (χ1v) is 8.19. The van der Waals surface area contributed by atoms with E-state index in [-0.39, 0.29) is 12.1 Å². The van der Waals surface area contributed by atoms with E-state index in [1.807, 2.05) is 31.3 Å². The van der Waals surface area contributed by atoms with Crippen LogP contribution in [0.1, 0.15) is 17.7 Å². The van der Waals surface area contributed by atoms with Crippen LogP contribution in [0.5, 0.6) is 11.5 Å². The van der Waals surface area contributed by atoms with Crippen molar-refractivity contribution in [1.29, 1.82) is 0 Å². The highest BCUT2D eigenvalue weighted by atomic mass is 16.6. The second-order valence-corrected chi connectivity index (χ2v) is 6.08. The van der Waals surface area contributed by atoms with E-state index < -0.39 is 0 Å². The Balaban J connectivity index is 1.33. The number of anilines is 1. The van der Waals surface area contributed by atoms with Gasteiger partial charge in [0.15, 0.2) is 17.6 Å². The number of benzene rings is 1. The number of carbonyl (C=O) groups is 1. The summed E-state index contributed by atoms with van der Waals surface area (Å²) in [6.07, 6.45) is 2.85. The molecule has 0 radical (unpaired) electrons. The zero-order valence-electron chi connectivity index (χ0n) is 13.5. The smallest absolute Gasteiger partial charge is 0.320 e. The molecule has 1 aromatic carbocycles. The minimum Gasteiger partial charge on any atom is -0.486 e. The molecular weight excluding hydrogens is 308 g/mol. The third-order valence-corrected chi connectivity index (χ3v) is 4.36. The van der Waals surface area contributed by atoms with Gasteiger partial charge in [0.05, 0.1) is 12.2 Å². The normalized spacial score (nSPS) is 18.1. The van der Waals surface area contributed by atoms with Crippen LogP contribution in [0.15, 0.2) is 24.3 Å². The number of hydrogen-bond acceptors (Lipinski definition) is 4. The summed E-state index contributed by atoms with van der Waals surface area (Å²) in [6, 6.07) is 7.28. The fraction of sp³-hybridized carbons (Fsp3) is 0.412. The van der Waals surface area contributed by atoms with Gasteiger partial charge in [-0.25, -0.2) is 4.79 Å². The minimum atomic E-state index is -0.254. The average Bonchev–Trinajstić information content (AvgIpc) is 3.15. The Labute approximate surface area is 139 Å². The Morgan fingerprint density at radius 1 is 1.33 bits per heavy atom. The zero-order valence-corrected chi connectivity index (χ0v) is 13.5. The lowest BCUT2D eigenvalue weighted by Crippen LogP contribution is -2.42. The number of carbonyl (C=O) groups excluding carboxylic acids is 1. The summed E-state index contributed by atoms with van der Waals surface area (Å²) < 4.78 is 13.2. The van der Waals surface area contributed by atoms with Crippen LogP contribution in [-0.2, 0) is 19.9 Å². The van der Waals surface area contributed by atoms with E-state index in [4.69, 9.17) is 9.47 Å². The van der Waals surface area contributed by atoms with Gasteiger partial charge in [0, 0.05) is 12.6 Å². The molecule has 24 heavy (non-hydrogen) atoms. The highest BCUT2D eigenvalue weighted by Crippen LogP contribution is 2.31. The molecule has 2 N–H and O–H groups in total. The minimum absolute atomic E-state index is 0.206. The molecular formula is C17H20N4O3. The van der Waals surface area contributed by atoms with Crippen LogP contribution >= 0.6 is 0 Å². The van der Waals surface area contributed by atoms with Crippen LogP contribution < -0.4 is 20.1 Å². The lowest BCUT2D eigenvalue weighted by Gasteiger charge is -2.26. The van der Waals surface area contributed by atoms with Gasteiger partial charge >= 0.3 is 6.03 Å². The van der Waals surface area contributed by atoms with Crippen LogP contribution in [-0.4, -0.2) is 35.1 Å². The number of fused-ring (bicyclic) bond motifs is 2. The molecule has 0 bridgehead atoms. The molecule has 7 nitrogen and oxygen atoms in total. The highest BCUT2D eigenvalue weighted by Gasteiger charge is 2.24. The molecule has 2 aromatic rings. The number of aryl methyl sites for hydroxylation is 2. The highest BCUT2D eigenvalue weighted by molar-refractivity contribution is 5.89. The molecule has 1 aliphatic carbocycles. The molecule has 0 unspecified atom stereocenters. The summed E-state index contributed by atoms with van der Waals surface area (Å²) in [5.74, 6) is 2.23. The number of aromatic nitrogens is 2. The lowest BCUT2D eigenvalue weighted by molar-refractivity contribution is 0.0922. The van der Waals surface area contributed by atoms with Gasteiger partial charge in [-0.3, -0.25) is 10.00 Å². The molecule has 7 heteroatoms. The van der Waals surface area contributed by atoms with Gasteiger partial charge in [0.1, 0.15) is 12.4 Å². The number of amides is 2. The summed E-state index contributed by atoms with van der Waals surface area (Å²) in [5.41, 5.74) is 2.24. The van der Waals surface area contributed by atoms with Crippen LogP contribution in [0.4, 0.5) is 10.6 Å². The van der Waals surface area contributed by atoms with Gasteiger partial charge in [-0.15, -0.1) is 0 Å². The maximum absolute atomic E-state index is 12.2. The van der Waals surface area contributed by atoms with E-state index in [1.165, 1.54) is 0 Å². The first-order chi connectivity index (χ1) is 11.7. The number of urea groups is 1. The molecule has 4 rings (SSSR count).